The van der Waals surface area contributed by atoms with Gasteiger partial charge in [-0.15, -0.1) is 0 Å². The van der Waals surface area contributed by atoms with E-state index < -0.39 is 0 Å². The fourth-order valence-corrected chi connectivity index (χ4v) is 1.08. The Labute approximate surface area is 94.2 Å². The first-order chi connectivity index (χ1) is 7.63. The fourth-order valence-electron chi connectivity index (χ4n) is 1.08. The molecule has 0 aliphatic rings. The highest BCUT2D eigenvalue weighted by atomic mass is 16.3. The summed E-state index contributed by atoms with van der Waals surface area (Å²) in [5.41, 5.74) is 0.413. The molecule has 0 saturated heterocycles. The third kappa shape index (κ3) is 3.76. The number of amides is 2. The molecule has 0 radical (unpaired) electrons. The van der Waals surface area contributed by atoms with Crippen LogP contribution in [0.1, 0.15) is 30.6 Å². The molecular weight excluding hydrogens is 208 g/mol. The van der Waals surface area contributed by atoms with Gasteiger partial charge in [0.2, 0.25) is 5.91 Å². The van der Waals surface area contributed by atoms with E-state index in [1.807, 2.05) is 13.8 Å². The van der Waals surface area contributed by atoms with E-state index in [0.717, 1.165) is 6.42 Å². The number of nitrogens with one attached hydrogen (secondary N) is 2. The van der Waals surface area contributed by atoms with Gasteiger partial charge >= 0.3 is 0 Å². The molecule has 0 aromatic carbocycles. The van der Waals surface area contributed by atoms with Crippen molar-refractivity contribution in [1.29, 1.82) is 0 Å². The predicted octanol–water partition coefficient (Wildman–Crippen LogP) is 0.924. The summed E-state index contributed by atoms with van der Waals surface area (Å²) in [7, 11) is 0. The van der Waals surface area contributed by atoms with Crippen LogP contribution in [0.15, 0.2) is 23.0 Å². The first kappa shape index (κ1) is 12.3. The van der Waals surface area contributed by atoms with E-state index in [1.54, 1.807) is 6.07 Å². The molecule has 16 heavy (non-hydrogen) atoms. The first-order valence-corrected chi connectivity index (χ1v) is 5.23. The largest absolute Gasteiger partial charge is 0.472 e. The second-order valence-electron chi connectivity index (χ2n) is 3.57. The van der Waals surface area contributed by atoms with Gasteiger partial charge in [0, 0.05) is 6.04 Å². The van der Waals surface area contributed by atoms with Crippen molar-refractivity contribution in [2.24, 2.45) is 0 Å². The van der Waals surface area contributed by atoms with Crippen LogP contribution >= 0.6 is 0 Å². The Kier molecular flexibility index (Phi) is 4.57. The Morgan fingerprint density at radius 3 is 2.81 bits per heavy atom. The molecule has 1 rings (SSSR count). The van der Waals surface area contributed by atoms with E-state index in [2.05, 4.69) is 10.6 Å². The standard InChI is InChI=1S/C11H16N2O3/c1-3-8(2)13-10(14)6-12-11(15)9-4-5-16-7-9/h4-5,7-8H,3,6H2,1-2H3,(H,12,15)(H,13,14). The molecule has 1 aromatic heterocycles. The first-order valence-electron chi connectivity index (χ1n) is 5.23. The number of hydrogen-bond donors (Lipinski definition) is 2. The highest BCUT2D eigenvalue weighted by Gasteiger charge is 2.09. The van der Waals surface area contributed by atoms with Gasteiger partial charge < -0.3 is 15.1 Å². The third-order valence-corrected chi connectivity index (χ3v) is 2.21. The summed E-state index contributed by atoms with van der Waals surface area (Å²) >= 11 is 0. The van der Waals surface area contributed by atoms with Crippen LogP contribution in [0.4, 0.5) is 0 Å². The van der Waals surface area contributed by atoms with Gasteiger partial charge in [-0.1, -0.05) is 6.92 Å². The van der Waals surface area contributed by atoms with E-state index >= 15 is 0 Å². The molecule has 1 unspecified atom stereocenters. The lowest BCUT2D eigenvalue weighted by molar-refractivity contribution is -0.120. The number of hydrogen-bond acceptors (Lipinski definition) is 3. The zero-order chi connectivity index (χ0) is 12.0. The van der Waals surface area contributed by atoms with E-state index in [9.17, 15) is 9.59 Å². The van der Waals surface area contributed by atoms with Crippen LogP contribution < -0.4 is 10.6 Å². The van der Waals surface area contributed by atoms with Crippen molar-refractivity contribution in [2.45, 2.75) is 26.3 Å². The highest BCUT2D eigenvalue weighted by Crippen LogP contribution is 1.98. The maximum atomic E-state index is 11.4. The Morgan fingerprint density at radius 1 is 1.50 bits per heavy atom. The van der Waals surface area contributed by atoms with Crippen molar-refractivity contribution in [3.8, 4) is 0 Å². The molecule has 0 saturated carbocycles. The summed E-state index contributed by atoms with van der Waals surface area (Å²) in [5.74, 6) is -0.501. The maximum Gasteiger partial charge on any atom is 0.254 e. The quantitative estimate of drug-likeness (QED) is 0.781. The normalized spacial score (nSPS) is 11.9. The lowest BCUT2D eigenvalue weighted by Gasteiger charge is -2.11. The van der Waals surface area contributed by atoms with Crippen LogP contribution in [0.25, 0.3) is 0 Å². The SMILES string of the molecule is CCC(C)NC(=O)CNC(=O)c1ccoc1. The van der Waals surface area contributed by atoms with Gasteiger partial charge in [-0.3, -0.25) is 9.59 Å². The van der Waals surface area contributed by atoms with Crippen molar-refractivity contribution in [1.82, 2.24) is 10.6 Å². The van der Waals surface area contributed by atoms with Gasteiger partial charge in [0.15, 0.2) is 0 Å². The van der Waals surface area contributed by atoms with Crippen LogP contribution in [0.5, 0.6) is 0 Å². The molecule has 1 heterocycles. The second-order valence-corrected chi connectivity index (χ2v) is 3.57. The van der Waals surface area contributed by atoms with Crippen molar-refractivity contribution in [2.75, 3.05) is 6.54 Å². The Balaban J connectivity index is 2.29. The zero-order valence-electron chi connectivity index (χ0n) is 9.45. The number of furan rings is 1. The summed E-state index contributed by atoms with van der Waals surface area (Å²) in [6, 6.07) is 1.67. The molecule has 0 spiro atoms. The van der Waals surface area contributed by atoms with E-state index in [1.165, 1.54) is 12.5 Å². The molecular formula is C11H16N2O3. The van der Waals surface area contributed by atoms with Crippen LogP contribution in [-0.2, 0) is 4.79 Å². The highest BCUT2D eigenvalue weighted by molar-refractivity contribution is 5.96. The molecule has 2 N–H and O–H groups in total. The fraction of sp³-hybridized carbons (Fsp3) is 0.455. The van der Waals surface area contributed by atoms with Gasteiger partial charge in [-0.25, -0.2) is 0 Å². The van der Waals surface area contributed by atoms with Gasteiger partial charge in [0.05, 0.1) is 18.4 Å². The monoisotopic (exact) mass is 224 g/mol. The minimum Gasteiger partial charge on any atom is -0.472 e. The minimum atomic E-state index is -0.312. The summed E-state index contributed by atoms with van der Waals surface area (Å²) in [5, 5.41) is 5.26. The molecule has 5 nitrogen and oxygen atoms in total. The summed E-state index contributed by atoms with van der Waals surface area (Å²) in [6.07, 6.45) is 3.61. The van der Waals surface area contributed by atoms with Gasteiger partial charge in [-0.05, 0) is 19.4 Å². The third-order valence-electron chi connectivity index (χ3n) is 2.21. The molecule has 0 fully saturated rings. The summed E-state index contributed by atoms with van der Waals surface area (Å²) < 4.78 is 4.76. The smallest absolute Gasteiger partial charge is 0.254 e. The lowest BCUT2D eigenvalue weighted by Crippen LogP contribution is -2.40. The van der Waals surface area contributed by atoms with Gasteiger partial charge in [-0.2, -0.15) is 0 Å². The predicted molar refractivity (Wildman–Crippen MR) is 58.9 cm³/mol. The minimum absolute atomic E-state index is 0.0195. The Bertz CT molecular complexity index is 346. The molecule has 0 aliphatic heterocycles. The molecule has 1 atom stereocenters. The lowest BCUT2D eigenvalue weighted by atomic mass is 10.2. The van der Waals surface area contributed by atoms with Crippen molar-refractivity contribution in [3.63, 3.8) is 0 Å². The van der Waals surface area contributed by atoms with E-state index in [-0.39, 0.29) is 24.4 Å². The Morgan fingerprint density at radius 2 is 2.25 bits per heavy atom. The van der Waals surface area contributed by atoms with Crippen molar-refractivity contribution in [3.05, 3.63) is 24.2 Å². The van der Waals surface area contributed by atoms with Gasteiger partial charge in [0.1, 0.15) is 6.26 Å². The topological polar surface area (TPSA) is 71.3 Å². The Hall–Kier alpha value is -1.78. The summed E-state index contributed by atoms with van der Waals surface area (Å²) in [6.45, 7) is 3.87. The summed E-state index contributed by atoms with van der Waals surface area (Å²) in [4.78, 5) is 22.8. The van der Waals surface area contributed by atoms with Crippen LogP contribution in [0.3, 0.4) is 0 Å². The van der Waals surface area contributed by atoms with Gasteiger partial charge in [0.25, 0.3) is 5.91 Å². The van der Waals surface area contributed by atoms with Crippen molar-refractivity contribution < 1.29 is 14.0 Å². The van der Waals surface area contributed by atoms with Crippen molar-refractivity contribution >= 4 is 11.8 Å². The molecule has 5 heteroatoms. The average Bonchev–Trinajstić information content (AvgIpc) is 2.79. The van der Waals surface area contributed by atoms with E-state index in [0.29, 0.717) is 5.56 Å². The number of rotatable bonds is 5. The van der Waals surface area contributed by atoms with E-state index in [4.69, 9.17) is 4.42 Å². The second kappa shape index (κ2) is 5.95. The van der Waals surface area contributed by atoms with Crippen LogP contribution in [-0.4, -0.2) is 24.4 Å². The number of carbonyl (C=O) groups excluding carboxylic acids is 2. The molecule has 0 aliphatic carbocycles. The molecule has 2 amide bonds. The van der Waals surface area contributed by atoms with Crippen LogP contribution in [0, 0.1) is 0 Å². The zero-order valence-corrected chi connectivity index (χ0v) is 9.45. The number of carbonyl (C=O) groups is 2. The molecule has 1 aromatic rings. The molecule has 0 bridgehead atoms. The van der Waals surface area contributed by atoms with Crippen LogP contribution in [0.2, 0.25) is 0 Å². The average molecular weight is 224 g/mol. The molecule has 88 valence electrons. The maximum absolute atomic E-state index is 11.4.